The van der Waals surface area contributed by atoms with Gasteiger partial charge in [-0.3, -0.25) is 9.59 Å². The molecule has 4 aliphatic carbocycles. The van der Waals surface area contributed by atoms with Gasteiger partial charge in [-0.2, -0.15) is 0 Å². The van der Waals surface area contributed by atoms with Crippen molar-refractivity contribution in [1.82, 2.24) is 0 Å². The van der Waals surface area contributed by atoms with Crippen LogP contribution in [0.1, 0.15) is 72.1 Å². The maximum absolute atomic E-state index is 12.4. The van der Waals surface area contributed by atoms with Gasteiger partial charge >= 0.3 is 5.97 Å². The third kappa shape index (κ3) is 3.39. The molecular weight excluding hydrogens is 360 g/mol. The number of terminal acetylenes is 1. The topological polar surface area (TPSA) is 43.4 Å². The van der Waals surface area contributed by atoms with Crippen LogP contribution in [0.5, 0.6) is 0 Å². The van der Waals surface area contributed by atoms with Gasteiger partial charge in [-0.15, -0.1) is 6.42 Å². The van der Waals surface area contributed by atoms with Gasteiger partial charge in [-0.05, 0) is 86.3 Å². The zero-order valence-electron chi connectivity index (χ0n) is 18.1. The van der Waals surface area contributed by atoms with E-state index in [0.717, 1.165) is 50.5 Å². The van der Waals surface area contributed by atoms with E-state index in [-0.39, 0.29) is 23.4 Å². The normalized spacial score (nSPS) is 42.3. The Bertz CT molecular complexity index is 797. The summed E-state index contributed by atoms with van der Waals surface area (Å²) in [4.78, 5) is 24.6. The number of ketones is 1. The van der Waals surface area contributed by atoms with Gasteiger partial charge in [0, 0.05) is 17.8 Å². The molecule has 3 heteroatoms. The third-order valence-corrected chi connectivity index (χ3v) is 8.47. The molecule has 0 aromatic rings. The van der Waals surface area contributed by atoms with Gasteiger partial charge < -0.3 is 4.74 Å². The number of allylic oxidation sites excluding steroid dienone is 2. The van der Waals surface area contributed by atoms with Gasteiger partial charge in [-0.25, -0.2) is 0 Å². The second kappa shape index (κ2) is 7.78. The molecule has 3 nitrogen and oxygen atoms in total. The molecule has 3 saturated carbocycles. The van der Waals surface area contributed by atoms with Crippen molar-refractivity contribution in [2.45, 2.75) is 78.2 Å². The molecule has 0 saturated heterocycles. The van der Waals surface area contributed by atoms with E-state index in [0.29, 0.717) is 35.9 Å². The molecule has 3 fully saturated rings. The second-order valence-electron chi connectivity index (χ2n) is 10.1. The van der Waals surface area contributed by atoms with E-state index in [1.807, 2.05) is 19.1 Å². The maximum atomic E-state index is 12.4. The molecule has 0 N–H and O–H groups in total. The van der Waals surface area contributed by atoms with Crippen molar-refractivity contribution >= 4 is 11.8 Å². The summed E-state index contributed by atoms with van der Waals surface area (Å²) in [7, 11) is 0. The summed E-state index contributed by atoms with van der Waals surface area (Å²) in [6.07, 6.45) is 16.9. The van der Waals surface area contributed by atoms with E-state index < -0.39 is 0 Å². The first-order valence-corrected chi connectivity index (χ1v) is 11.5. The zero-order valence-corrected chi connectivity index (χ0v) is 18.1. The SMILES string of the molecule is C#CC=C1C[C@H]2[C@@H]3CCC4=CC(=O)C(C)C[C@@H]4[C@H]3CC[C@]2(C)[C@H]1OC(=O)CCC. The minimum Gasteiger partial charge on any atom is -0.457 e. The first-order valence-electron chi connectivity index (χ1n) is 11.5. The van der Waals surface area contributed by atoms with Gasteiger partial charge in [0.05, 0.1) is 0 Å². The fourth-order valence-corrected chi connectivity index (χ4v) is 7.04. The molecule has 156 valence electrons. The average Bonchev–Trinajstić information content (AvgIpc) is 2.95. The van der Waals surface area contributed by atoms with Crippen LogP contribution in [0.4, 0.5) is 0 Å². The summed E-state index contributed by atoms with van der Waals surface area (Å²) < 4.78 is 6.05. The van der Waals surface area contributed by atoms with Crippen LogP contribution in [0.25, 0.3) is 0 Å². The van der Waals surface area contributed by atoms with Gasteiger partial charge in [0.15, 0.2) is 5.78 Å². The van der Waals surface area contributed by atoms with Crippen molar-refractivity contribution in [1.29, 1.82) is 0 Å². The number of hydrogen-bond donors (Lipinski definition) is 0. The summed E-state index contributed by atoms with van der Waals surface area (Å²) >= 11 is 0. The van der Waals surface area contributed by atoms with Crippen molar-refractivity contribution in [3.05, 3.63) is 23.3 Å². The second-order valence-corrected chi connectivity index (χ2v) is 10.1. The van der Waals surface area contributed by atoms with Crippen molar-refractivity contribution in [2.75, 3.05) is 0 Å². The van der Waals surface area contributed by atoms with Crippen LogP contribution < -0.4 is 0 Å². The third-order valence-electron chi connectivity index (χ3n) is 8.47. The Labute approximate surface area is 175 Å². The van der Waals surface area contributed by atoms with Crippen molar-refractivity contribution in [3.8, 4) is 12.3 Å². The standard InChI is InChI=1S/C26H34O3/c1-5-7-18-14-22-20-10-9-17-15-23(27)16(3)13-21(17)19(20)11-12-26(22,4)25(18)29-24(28)8-6-2/h1,7,15-16,19-22,25H,6,8-14H2,2-4H3/t16?,19-,20+,21-,22-,25-,26-/m0/s1. The highest BCUT2D eigenvalue weighted by Gasteiger charge is 2.59. The maximum Gasteiger partial charge on any atom is 0.306 e. The molecule has 4 aliphatic rings. The smallest absolute Gasteiger partial charge is 0.306 e. The molecule has 4 rings (SSSR count). The Kier molecular flexibility index (Phi) is 5.49. The molecule has 0 radical (unpaired) electrons. The van der Waals surface area contributed by atoms with Crippen molar-refractivity contribution in [2.24, 2.45) is 35.0 Å². The average molecular weight is 395 g/mol. The largest absolute Gasteiger partial charge is 0.457 e. The van der Waals surface area contributed by atoms with Gasteiger partial charge in [0.1, 0.15) is 6.10 Å². The zero-order chi connectivity index (χ0) is 20.8. The summed E-state index contributed by atoms with van der Waals surface area (Å²) in [5.74, 6) is 5.43. The molecule has 7 atom stereocenters. The Hall–Kier alpha value is -1.82. The van der Waals surface area contributed by atoms with E-state index in [2.05, 4.69) is 19.8 Å². The molecule has 1 unspecified atom stereocenters. The fourth-order valence-electron chi connectivity index (χ4n) is 7.04. The van der Waals surface area contributed by atoms with Crippen LogP contribution >= 0.6 is 0 Å². The minimum absolute atomic E-state index is 0.0232. The van der Waals surface area contributed by atoms with Crippen molar-refractivity contribution < 1.29 is 14.3 Å². The van der Waals surface area contributed by atoms with Crippen LogP contribution in [0.3, 0.4) is 0 Å². The number of rotatable bonds is 3. The molecule has 0 bridgehead atoms. The minimum atomic E-state index is -0.174. The molecule has 0 aromatic carbocycles. The molecule has 0 heterocycles. The van der Waals surface area contributed by atoms with Gasteiger partial charge in [-0.1, -0.05) is 32.3 Å². The summed E-state index contributed by atoms with van der Waals surface area (Å²) in [5.41, 5.74) is 2.52. The molecule has 0 aromatic heterocycles. The number of carbonyl (C=O) groups is 2. The number of hydrogen-bond acceptors (Lipinski definition) is 3. The van der Waals surface area contributed by atoms with Crippen LogP contribution in [0.15, 0.2) is 23.3 Å². The van der Waals surface area contributed by atoms with Gasteiger partial charge in [0.2, 0.25) is 0 Å². The predicted molar refractivity (Wildman–Crippen MR) is 114 cm³/mol. The van der Waals surface area contributed by atoms with E-state index in [1.165, 1.54) is 5.57 Å². The number of ether oxygens (including phenoxy) is 1. The lowest BCUT2D eigenvalue weighted by atomic mass is 9.51. The lowest BCUT2D eigenvalue weighted by molar-refractivity contribution is -0.156. The molecule has 0 aliphatic heterocycles. The van der Waals surface area contributed by atoms with Crippen LogP contribution in [0.2, 0.25) is 0 Å². The highest BCUT2D eigenvalue weighted by atomic mass is 16.5. The van der Waals surface area contributed by atoms with E-state index in [1.54, 1.807) is 0 Å². The first-order chi connectivity index (χ1) is 13.9. The summed E-state index contributed by atoms with van der Waals surface area (Å²) in [6, 6.07) is 0. The molecular formula is C26H34O3. The van der Waals surface area contributed by atoms with Crippen LogP contribution in [-0.4, -0.2) is 17.9 Å². The Morgan fingerprint density at radius 1 is 1.38 bits per heavy atom. The van der Waals surface area contributed by atoms with Crippen molar-refractivity contribution in [3.63, 3.8) is 0 Å². The lowest BCUT2D eigenvalue weighted by Crippen LogP contribution is -2.49. The first kappa shape index (κ1) is 20.5. The Morgan fingerprint density at radius 2 is 2.17 bits per heavy atom. The number of esters is 1. The Morgan fingerprint density at radius 3 is 2.90 bits per heavy atom. The fraction of sp³-hybridized carbons (Fsp3) is 0.692. The number of fused-ring (bicyclic) bond motifs is 5. The van der Waals surface area contributed by atoms with Crippen LogP contribution in [0, 0.1) is 47.3 Å². The van der Waals surface area contributed by atoms with Gasteiger partial charge in [0.25, 0.3) is 0 Å². The van der Waals surface area contributed by atoms with E-state index >= 15 is 0 Å². The highest BCUT2D eigenvalue weighted by molar-refractivity contribution is 5.93. The highest BCUT2D eigenvalue weighted by Crippen LogP contribution is 2.63. The number of carbonyl (C=O) groups excluding carboxylic acids is 2. The van der Waals surface area contributed by atoms with E-state index in [4.69, 9.17) is 11.2 Å². The monoisotopic (exact) mass is 394 g/mol. The Balaban J connectivity index is 1.62. The molecule has 0 spiro atoms. The predicted octanol–water partition coefficient (Wildman–Crippen LogP) is 5.26. The van der Waals surface area contributed by atoms with Crippen LogP contribution in [-0.2, 0) is 14.3 Å². The van der Waals surface area contributed by atoms with E-state index in [9.17, 15) is 9.59 Å². The summed E-state index contributed by atoms with van der Waals surface area (Å²) in [6.45, 7) is 6.42. The molecule has 29 heavy (non-hydrogen) atoms. The molecule has 0 amide bonds. The quantitative estimate of drug-likeness (QED) is 0.485. The summed E-state index contributed by atoms with van der Waals surface area (Å²) in [5, 5.41) is 0. The lowest BCUT2D eigenvalue weighted by Gasteiger charge is -2.53.